The lowest BCUT2D eigenvalue weighted by molar-refractivity contribution is -0.117. The van der Waals surface area contributed by atoms with Crippen molar-refractivity contribution in [2.45, 2.75) is 44.0 Å². The van der Waals surface area contributed by atoms with Crippen LogP contribution in [0.3, 0.4) is 0 Å². The van der Waals surface area contributed by atoms with Crippen LogP contribution in [-0.4, -0.2) is 24.7 Å². The number of primary amides is 1. The fraction of sp³-hybridized carbons (Fsp3) is 0.350. The van der Waals surface area contributed by atoms with E-state index >= 15 is 0 Å². The number of sulfonamides is 1. The van der Waals surface area contributed by atoms with Crippen molar-refractivity contribution in [3.63, 3.8) is 0 Å². The van der Waals surface area contributed by atoms with Crippen molar-refractivity contribution in [3.05, 3.63) is 70.8 Å². The van der Waals surface area contributed by atoms with Crippen LogP contribution >= 0.6 is 0 Å². The number of halogens is 2. The van der Waals surface area contributed by atoms with Crippen LogP contribution in [-0.2, 0) is 27.8 Å². The fourth-order valence-corrected chi connectivity index (χ4v) is 5.78. The highest BCUT2D eigenvalue weighted by atomic mass is 32.2. The first-order valence-electron chi connectivity index (χ1n) is 9.01. The van der Waals surface area contributed by atoms with E-state index < -0.39 is 39.2 Å². The first kappa shape index (κ1) is 20.4. The van der Waals surface area contributed by atoms with E-state index in [1.807, 2.05) is 6.07 Å². The molecule has 1 amide bonds. The van der Waals surface area contributed by atoms with Gasteiger partial charge in [-0.3, -0.25) is 4.79 Å². The van der Waals surface area contributed by atoms with Crippen LogP contribution in [0.25, 0.3) is 0 Å². The van der Waals surface area contributed by atoms with Gasteiger partial charge in [0.15, 0.2) is 0 Å². The molecule has 2 aromatic carbocycles. The number of nitrogens with two attached hydrogens (primary N) is 1. The summed E-state index contributed by atoms with van der Waals surface area (Å²) in [4.78, 5) is 11.0. The third kappa shape index (κ3) is 4.07. The molecule has 0 spiro atoms. The molecular weight excluding hydrogens is 386 g/mol. The molecule has 28 heavy (non-hydrogen) atoms. The maximum Gasteiger partial charge on any atom is 0.221 e. The van der Waals surface area contributed by atoms with E-state index in [-0.39, 0.29) is 23.7 Å². The summed E-state index contributed by atoms with van der Waals surface area (Å²) in [5, 5.41) is -0.716. The summed E-state index contributed by atoms with van der Waals surface area (Å²) in [7, 11) is -3.75. The van der Waals surface area contributed by atoms with Crippen molar-refractivity contribution >= 4 is 15.9 Å². The quantitative estimate of drug-likeness (QED) is 0.826. The number of carbonyl (C=O) groups excluding carboxylic acids is 1. The van der Waals surface area contributed by atoms with Crippen molar-refractivity contribution < 1.29 is 22.0 Å². The lowest BCUT2D eigenvalue weighted by atomic mass is 10.0. The van der Waals surface area contributed by atoms with Gasteiger partial charge in [-0.25, -0.2) is 17.2 Å². The number of hydrogen-bond acceptors (Lipinski definition) is 3. The molecule has 5 nitrogen and oxygen atoms in total. The summed E-state index contributed by atoms with van der Waals surface area (Å²) >= 11 is 0. The minimum Gasteiger partial charge on any atom is -0.369 e. The Labute approximate surface area is 163 Å². The summed E-state index contributed by atoms with van der Waals surface area (Å²) in [5.41, 5.74) is 5.50. The summed E-state index contributed by atoms with van der Waals surface area (Å²) in [6, 6.07) is 10.4. The Hall–Kier alpha value is -2.32. The van der Waals surface area contributed by atoms with E-state index in [0.29, 0.717) is 18.4 Å². The molecule has 1 aliphatic rings. The van der Waals surface area contributed by atoms with Crippen LogP contribution in [0.5, 0.6) is 0 Å². The lowest BCUT2D eigenvalue weighted by Gasteiger charge is -2.37. The second kappa shape index (κ2) is 7.97. The molecule has 0 unspecified atom stereocenters. The normalized spacial score (nSPS) is 22.1. The van der Waals surface area contributed by atoms with Crippen molar-refractivity contribution in [3.8, 4) is 0 Å². The Kier molecular flexibility index (Phi) is 5.81. The average Bonchev–Trinajstić information content (AvgIpc) is 2.62. The minimum absolute atomic E-state index is 0.0742. The molecular formula is C20H22F2N2O3S. The highest BCUT2D eigenvalue weighted by Crippen LogP contribution is 2.38. The highest BCUT2D eigenvalue weighted by Gasteiger charge is 2.40. The van der Waals surface area contributed by atoms with E-state index in [9.17, 15) is 22.0 Å². The molecule has 1 heterocycles. The molecule has 8 heteroatoms. The zero-order chi connectivity index (χ0) is 20.5. The van der Waals surface area contributed by atoms with Gasteiger partial charge in [-0.05, 0) is 37.5 Å². The molecule has 0 aliphatic carbocycles. The van der Waals surface area contributed by atoms with Crippen LogP contribution in [0.15, 0.2) is 42.5 Å². The molecule has 150 valence electrons. The molecule has 3 rings (SSSR count). The predicted octanol–water partition coefficient (Wildman–Crippen LogP) is 3.05. The van der Waals surface area contributed by atoms with Crippen LogP contribution < -0.4 is 5.73 Å². The Morgan fingerprint density at radius 3 is 2.36 bits per heavy atom. The number of hydrogen-bond donors (Lipinski definition) is 1. The molecule has 1 aliphatic heterocycles. The molecule has 2 aromatic rings. The van der Waals surface area contributed by atoms with Crippen LogP contribution in [0.1, 0.15) is 41.7 Å². The number of rotatable bonds is 5. The van der Waals surface area contributed by atoms with E-state index in [1.54, 1.807) is 31.2 Å². The van der Waals surface area contributed by atoms with Gasteiger partial charge in [-0.2, -0.15) is 4.31 Å². The van der Waals surface area contributed by atoms with E-state index in [1.165, 1.54) is 4.31 Å². The highest BCUT2D eigenvalue weighted by molar-refractivity contribution is 7.89. The maximum atomic E-state index is 14.5. The van der Waals surface area contributed by atoms with Crippen molar-refractivity contribution in [1.82, 2.24) is 4.31 Å². The molecule has 2 N–H and O–H groups in total. The number of nitrogens with zero attached hydrogens (tertiary/aromatic N) is 1. The van der Waals surface area contributed by atoms with Crippen LogP contribution in [0.4, 0.5) is 8.78 Å². The van der Waals surface area contributed by atoms with Gasteiger partial charge < -0.3 is 5.73 Å². The molecule has 0 bridgehead atoms. The smallest absolute Gasteiger partial charge is 0.221 e. The van der Waals surface area contributed by atoms with Gasteiger partial charge >= 0.3 is 0 Å². The summed E-state index contributed by atoms with van der Waals surface area (Å²) in [5.74, 6) is -2.32. The molecule has 1 fully saturated rings. The SMILES string of the molecule is C[C@H]1CC[C@H](c2ccccc2)S(=O)(=O)N1Cc1cc(F)c(CC(N)=O)cc1F. The van der Waals surface area contributed by atoms with Gasteiger partial charge in [0.2, 0.25) is 15.9 Å². The average molecular weight is 408 g/mol. The number of carbonyl (C=O) groups is 1. The first-order valence-corrected chi connectivity index (χ1v) is 10.5. The van der Waals surface area contributed by atoms with Gasteiger partial charge in [0.25, 0.3) is 0 Å². The van der Waals surface area contributed by atoms with Crippen LogP contribution in [0, 0.1) is 11.6 Å². The minimum atomic E-state index is -3.75. The molecule has 0 radical (unpaired) electrons. The first-order chi connectivity index (χ1) is 13.2. The van der Waals surface area contributed by atoms with Gasteiger partial charge in [-0.1, -0.05) is 30.3 Å². The third-order valence-electron chi connectivity index (χ3n) is 5.10. The Morgan fingerprint density at radius 2 is 1.71 bits per heavy atom. The monoisotopic (exact) mass is 408 g/mol. The second-order valence-corrected chi connectivity index (χ2v) is 9.16. The molecule has 2 atom stereocenters. The third-order valence-corrected chi connectivity index (χ3v) is 7.47. The summed E-state index contributed by atoms with van der Waals surface area (Å²) in [6.07, 6.45) is 0.665. The zero-order valence-electron chi connectivity index (χ0n) is 15.4. The van der Waals surface area contributed by atoms with Gasteiger partial charge in [0.05, 0.1) is 6.42 Å². The van der Waals surface area contributed by atoms with Gasteiger partial charge in [0.1, 0.15) is 16.9 Å². The summed E-state index contributed by atoms with van der Waals surface area (Å²) in [6.45, 7) is 1.49. The Balaban J connectivity index is 1.92. The van der Waals surface area contributed by atoms with Gasteiger partial charge in [-0.15, -0.1) is 0 Å². The predicted molar refractivity (Wildman–Crippen MR) is 102 cm³/mol. The van der Waals surface area contributed by atoms with Crippen LogP contribution in [0.2, 0.25) is 0 Å². The standard InChI is InChI=1S/C20H22F2N2O3S/c1-13-7-8-19(14-5-3-2-4-6-14)28(26,27)24(13)12-16-10-17(21)15(9-18(16)22)11-20(23)25/h2-6,9-10,13,19H,7-8,11-12H2,1H3,(H2,23,25)/t13-,19+/m0/s1. The second-order valence-electron chi connectivity index (χ2n) is 7.09. The maximum absolute atomic E-state index is 14.5. The van der Waals surface area contributed by atoms with E-state index in [2.05, 4.69) is 0 Å². The van der Waals surface area contributed by atoms with Crippen molar-refractivity contribution in [2.75, 3.05) is 0 Å². The zero-order valence-corrected chi connectivity index (χ0v) is 16.3. The topological polar surface area (TPSA) is 80.5 Å². The summed E-state index contributed by atoms with van der Waals surface area (Å²) < 4.78 is 56.3. The number of amides is 1. The fourth-order valence-electron chi connectivity index (χ4n) is 3.59. The largest absolute Gasteiger partial charge is 0.369 e. The van der Waals surface area contributed by atoms with E-state index in [0.717, 1.165) is 12.1 Å². The van der Waals surface area contributed by atoms with E-state index in [4.69, 9.17) is 5.73 Å². The molecule has 0 saturated carbocycles. The Bertz CT molecular complexity index is 980. The Morgan fingerprint density at radius 1 is 1.11 bits per heavy atom. The van der Waals surface area contributed by atoms with Crippen molar-refractivity contribution in [2.24, 2.45) is 5.73 Å². The molecule has 0 aromatic heterocycles. The number of benzene rings is 2. The van der Waals surface area contributed by atoms with Crippen molar-refractivity contribution in [1.29, 1.82) is 0 Å². The molecule has 1 saturated heterocycles. The van der Waals surface area contributed by atoms with Gasteiger partial charge in [0, 0.05) is 23.7 Å². The lowest BCUT2D eigenvalue weighted by Crippen LogP contribution is -2.44.